The molecular weight excluding hydrogens is 354 g/mol. The molecule has 0 aromatic rings. The molecule has 8 heteroatoms. The van der Waals surface area contributed by atoms with Crippen LogP contribution in [-0.2, 0) is 9.59 Å². The van der Waals surface area contributed by atoms with Crippen LogP contribution in [0, 0.1) is 0 Å². The number of carbonyl (C=O) groups is 2. The van der Waals surface area contributed by atoms with Crippen molar-refractivity contribution in [2.24, 2.45) is 0 Å². The molecule has 0 rings (SSSR count). The number of rotatable bonds is 16. The van der Waals surface area contributed by atoms with Crippen LogP contribution in [0.4, 0.5) is 0 Å². The van der Waals surface area contributed by atoms with E-state index in [1.165, 1.54) is 51.1 Å². The van der Waals surface area contributed by atoms with Crippen LogP contribution in [0.5, 0.6) is 0 Å². The lowest BCUT2D eigenvalue weighted by molar-refractivity contribution is -0.166. The third-order valence-corrected chi connectivity index (χ3v) is 4.34. The van der Waals surface area contributed by atoms with Crippen molar-refractivity contribution in [2.45, 2.75) is 95.5 Å². The van der Waals surface area contributed by atoms with Crippen LogP contribution in [0.1, 0.15) is 71.1 Å². The van der Waals surface area contributed by atoms with Gasteiger partial charge < -0.3 is 30.8 Å². The largest absolute Gasteiger partial charge is 0.479 e. The number of aliphatic carboxylic acids is 1. The van der Waals surface area contributed by atoms with Gasteiger partial charge in [-0.25, -0.2) is 4.79 Å². The number of unbranched alkanes of at least 4 members (excludes halogenated alkanes) is 9. The first-order valence-corrected chi connectivity index (χ1v) is 9.73. The summed E-state index contributed by atoms with van der Waals surface area (Å²) in [7, 11) is 0. The van der Waals surface area contributed by atoms with Crippen LogP contribution in [0.15, 0.2) is 12.3 Å². The van der Waals surface area contributed by atoms with E-state index in [9.17, 15) is 24.9 Å². The van der Waals surface area contributed by atoms with E-state index in [4.69, 9.17) is 10.2 Å². The molecule has 0 saturated heterocycles. The third-order valence-electron chi connectivity index (χ3n) is 4.34. The van der Waals surface area contributed by atoms with E-state index < -0.39 is 36.3 Å². The second kappa shape index (κ2) is 15.6. The molecule has 0 aromatic heterocycles. The molecule has 0 aromatic carbocycles. The lowest BCUT2D eigenvalue weighted by Gasteiger charge is -2.23. The first-order chi connectivity index (χ1) is 12.8. The zero-order valence-electron chi connectivity index (χ0n) is 16.1. The molecule has 6 N–H and O–H groups in total. The number of hydrogen-bond acceptors (Lipinski definition) is 6. The van der Waals surface area contributed by atoms with Crippen molar-refractivity contribution in [2.75, 3.05) is 0 Å². The highest BCUT2D eigenvalue weighted by atomic mass is 16.4. The minimum atomic E-state index is -2.30. The molecule has 0 aliphatic heterocycles. The first-order valence-electron chi connectivity index (χ1n) is 9.73. The summed E-state index contributed by atoms with van der Waals surface area (Å²) >= 11 is 0. The standard InChI is InChI=1S/C19H35NO7/c1-2-3-4-5-6-7-8-9-10-11-12-13-20-18(25)16(23)14(21)15(22)17(24)19(26)27/h12-17,21-24H,2-11H2,1H3,(H,20,25)(H,26,27). The van der Waals surface area contributed by atoms with Gasteiger partial charge in [-0.1, -0.05) is 64.4 Å². The molecule has 4 atom stereocenters. The maximum atomic E-state index is 11.7. The van der Waals surface area contributed by atoms with Crippen LogP contribution < -0.4 is 5.32 Å². The van der Waals surface area contributed by atoms with Crippen molar-refractivity contribution in [3.8, 4) is 0 Å². The van der Waals surface area contributed by atoms with Crippen molar-refractivity contribution < 1.29 is 35.1 Å². The van der Waals surface area contributed by atoms with Crippen molar-refractivity contribution in [3.05, 3.63) is 12.3 Å². The maximum Gasteiger partial charge on any atom is 0.335 e. The Hall–Kier alpha value is -1.48. The smallest absolute Gasteiger partial charge is 0.335 e. The molecule has 0 aliphatic carbocycles. The highest BCUT2D eigenvalue weighted by Crippen LogP contribution is 2.10. The highest BCUT2D eigenvalue weighted by molar-refractivity contribution is 5.82. The average Bonchev–Trinajstić information content (AvgIpc) is 2.66. The number of amides is 1. The number of carboxylic acids is 1. The fourth-order valence-corrected chi connectivity index (χ4v) is 2.56. The van der Waals surface area contributed by atoms with Gasteiger partial charge in [-0.3, -0.25) is 4.79 Å². The molecule has 0 fully saturated rings. The quantitative estimate of drug-likeness (QED) is 0.216. The first kappa shape index (κ1) is 25.5. The Morgan fingerprint density at radius 2 is 1.30 bits per heavy atom. The summed E-state index contributed by atoms with van der Waals surface area (Å²) < 4.78 is 0. The number of nitrogens with one attached hydrogen (secondary N) is 1. The van der Waals surface area contributed by atoms with Crippen molar-refractivity contribution in [1.82, 2.24) is 5.32 Å². The molecule has 0 radical (unpaired) electrons. The third kappa shape index (κ3) is 11.8. The number of aliphatic hydroxyl groups excluding tert-OH is 4. The maximum absolute atomic E-state index is 11.7. The van der Waals surface area contributed by atoms with Gasteiger partial charge in [0.1, 0.15) is 12.2 Å². The monoisotopic (exact) mass is 389 g/mol. The minimum Gasteiger partial charge on any atom is -0.479 e. The molecular formula is C19H35NO7. The molecule has 1 amide bonds. The zero-order valence-corrected chi connectivity index (χ0v) is 16.1. The fourth-order valence-electron chi connectivity index (χ4n) is 2.56. The summed E-state index contributed by atoms with van der Waals surface area (Å²) in [4.78, 5) is 22.2. The van der Waals surface area contributed by atoms with E-state index >= 15 is 0 Å². The lowest BCUT2D eigenvalue weighted by Crippen LogP contribution is -2.52. The predicted octanol–water partition coefficient (Wildman–Crippen LogP) is 1.07. The molecule has 27 heavy (non-hydrogen) atoms. The van der Waals surface area contributed by atoms with Crippen molar-refractivity contribution in [1.29, 1.82) is 0 Å². The molecule has 4 unspecified atom stereocenters. The van der Waals surface area contributed by atoms with Gasteiger partial charge in [0.2, 0.25) is 0 Å². The minimum absolute atomic E-state index is 0.759. The normalized spacial score (nSPS) is 16.0. The lowest BCUT2D eigenvalue weighted by atomic mass is 10.0. The Kier molecular flexibility index (Phi) is 14.7. The number of hydrogen-bond donors (Lipinski definition) is 6. The highest BCUT2D eigenvalue weighted by Gasteiger charge is 2.37. The van der Waals surface area contributed by atoms with Crippen LogP contribution in [0.25, 0.3) is 0 Å². The van der Waals surface area contributed by atoms with E-state index in [2.05, 4.69) is 12.2 Å². The van der Waals surface area contributed by atoms with Gasteiger partial charge >= 0.3 is 5.97 Å². The van der Waals surface area contributed by atoms with Gasteiger partial charge in [-0.15, -0.1) is 0 Å². The Balaban J connectivity index is 3.86. The zero-order chi connectivity index (χ0) is 20.7. The van der Waals surface area contributed by atoms with Gasteiger partial charge in [0.25, 0.3) is 5.91 Å². The van der Waals surface area contributed by atoms with E-state index in [1.807, 2.05) is 0 Å². The topological polar surface area (TPSA) is 147 Å². The second-order valence-corrected chi connectivity index (χ2v) is 6.74. The fraction of sp³-hybridized carbons (Fsp3) is 0.789. The van der Waals surface area contributed by atoms with Crippen molar-refractivity contribution >= 4 is 11.9 Å². The summed E-state index contributed by atoms with van der Waals surface area (Å²) in [5.41, 5.74) is 0. The number of allylic oxidation sites excluding steroid dienone is 1. The van der Waals surface area contributed by atoms with Gasteiger partial charge in [0, 0.05) is 0 Å². The molecule has 0 saturated carbocycles. The summed E-state index contributed by atoms with van der Waals surface area (Å²) in [6.45, 7) is 2.20. The van der Waals surface area contributed by atoms with Crippen LogP contribution in [-0.4, -0.2) is 61.8 Å². The molecule has 0 aliphatic rings. The van der Waals surface area contributed by atoms with Gasteiger partial charge in [0.15, 0.2) is 12.2 Å². The molecule has 0 bridgehead atoms. The Labute approximate surface area is 160 Å². The number of aliphatic hydroxyl groups is 4. The van der Waals surface area contributed by atoms with Gasteiger partial charge in [-0.05, 0) is 19.0 Å². The SMILES string of the molecule is CCCCCCCCCCCC=CNC(=O)C(O)C(O)C(O)C(O)C(=O)O. The molecule has 0 heterocycles. The van der Waals surface area contributed by atoms with E-state index in [0.717, 1.165) is 19.3 Å². The Bertz CT molecular complexity index is 442. The molecule has 8 nitrogen and oxygen atoms in total. The molecule has 158 valence electrons. The summed E-state index contributed by atoms with van der Waals surface area (Å²) in [5, 5.41) is 48.5. The Morgan fingerprint density at radius 3 is 1.81 bits per heavy atom. The van der Waals surface area contributed by atoms with Gasteiger partial charge in [0.05, 0.1) is 0 Å². The van der Waals surface area contributed by atoms with Gasteiger partial charge in [-0.2, -0.15) is 0 Å². The summed E-state index contributed by atoms with van der Waals surface area (Å²) in [6, 6.07) is 0. The van der Waals surface area contributed by atoms with Crippen LogP contribution in [0.3, 0.4) is 0 Å². The number of carbonyl (C=O) groups excluding carboxylic acids is 1. The van der Waals surface area contributed by atoms with E-state index in [1.54, 1.807) is 6.08 Å². The van der Waals surface area contributed by atoms with Crippen LogP contribution >= 0.6 is 0 Å². The Morgan fingerprint density at radius 1 is 0.815 bits per heavy atom. The molecule has 0 spiro atoms. The van der Waals surface area contributed by atoms with Crippen LogP contribution in [0.2, 0.25) is 0 Å². The van der Waals surface area contributed by atoms with E-state index in [-0.39, 0.29) is 0 Å². The number of carboxylic acid groups (broad SMARTS) is 1. The predicted molar refractivity (Wildman–Crippen MR) is 101 cm³/mol. The van der Waals surface area contributed by atoms with Crippen molar-refractivity contribution in [3.63, 3.8) is 0 Å². The van der Waals surface area contributed by atoms with E-state index in [0.29, 0.717) is 0 Å². The second-order valence-electron chi connectivity index (χ2n) is 6.74. The summed E-state index contributed by atoms with van der Waals surface area (Å²) in [5.74, 6) is -2.77. The average molecular weight is 389 g/mol. The summed E-state index contributed by atoms with van der Waals surface area (Å²) in [6.07, 6.45) is 6.09.